The normalized spacial score (nSPS) is 21.6. The van der Waals surface area contributed by atoms with Crippen LogP contribution in [0.25, 0.3) is 0 Å². The van der Waals surface area contributed by atoms with Gasteiger partial charge in [-0.05, 0) is 6.92 Å². The van der Waals surface area contributed by atoms with Crippen LogP contribution in [0.3, 0.4) is 0 Å². The summed E-state index contributed by atoms with van der Waals surface area (Å²) in [5.74, 6) is -0.493. The Morgan fingerprint density at radius 2 is 2.29 bits per heavy atom. The second kappa shape index (κ2) is 6.06. The SMILES string of the molecule is CCn1cc(N(C)CC(=O)N2CC(F)CC2C(N)=O)nn1. The van der Waals surface area contributed by atoms with Gasteiger partial charge in [0.2, 0.25) is 11.8 Å². The van der Waals surface area contributed by atoms with Crippen molar-refractivity contribution in [3.05, 3.63) is 6.20 Å². The molecule has 1 fully saturated rings. The maximum Gasteiger partial charge on any atom is 0.242 e. The van der Waals surface area contributed by atoms with Gasteiger partial charge in [-0.3, -0.25) is 14.3 Å². The molecule has 0 saturated carbocycles. The number of nitrogens with two attached hydrogens (primary N) is 1. The van der Waals surface area contributed by atoms with Gasteiger partial charge in [-0.1, -0.05) is 5.21 Å². The Kier molecular flexibility index (Phi) is 4.39. The van der Waals surface area contributed by atoms with E-state index in [1.807, 2.05) is 6.92 Å². The molecule has 1 aromatic heterocycles. The molecule has 1 aliphatic heterocycles. The molecule has 0 spiro atoms. The van der Waals surface area contributed by atoms with E-state index >= 15 is 0 Å². The largest absolute Gasteiger partial charge is 0.368 e. The predicted molar refractivity (Wildman–Crippen MR) is 73.2 cm³/mol. The second-order valence-electron chi connectivity index (χ2n) is 5.09. The molecule has 2 atom stereocenters. The predicted octanol–water partition coefficient (Wildman–Crippen LogP) is -0.841. The molecule has 0 bridgehead atoms. The van der Waals surface area contributed by atoms with E-state index in [-0.39, 0.29) is 25.4 Å². The minimum Gasteiger partial charge on any atom is -0.368 e. The van der Waals surface area contributed by atoms with Crippen LogP contribution in [0.2, 0.25) is 0 Å². The number of anilines is 1. The number of carbonyl (C=O) groups excluding carboxylic acids is 2. The molecule has 0 aliphatic carbocycles. The molecule has 0 aromatic carbocycles. The van der Waals surface area contributed by atoms with Gasteiger partial charge in [-0.15, -0.1) is 5.10 Å². The second-order valence-corrected chi connectivity index (χ2v) is 5.09. The molecule has 21 heavy (non-hydrogen) atoms. The van der Waals surface area contributed by atoms with Crippen molar-refractivity contribution in [3.8, 4) is 0 Å². The zero-order chi connectivity index (χ0) is 15.6. The third-order valence-electron chi connectivity index (χ3n) is 3.51. The Morgan fingerprint density at radius 3 is 2.86 bits per heavy atom. The molecule has 9 heteroatoms. The first-order valence-corrected chi connectivity index (χ1v) is 6.76. The Morgan fingerprint density at radius 1 is 1.57 bits per heavy atom. The van der Waals surface area contributed by atoms with Crippen molar-refractivity contribution >= 4 is 17.6 Å². The highest BCUT2D eigenvalue weighted by molar-refractivity contribution is 5.89. The molecule has 2 heterocycles. The average Bonchev–Trinajstić information content (AvgIpc) is 3.04. The number of rotatable bonds is 5. The number of amides is 2. The molecule has 1 aliphatic rings. The number of halogens is 1. The average molecular weight is 298 g/mol. The van der Waals surface area contributed by atoms with Crippen molar-refractivity contribution < 1.29 is 14.0 Å². The van der Waals surface area contributed by atoms with Gasteiger partial charge in [-0.2, -0.15) is 0 Å². The summed E-state index contributed by atoms with van der Waals surface area (Å²) >= 11 is 0. The van der Waals surface area contributed by atoms with Crippen molar-refractivity contribution in [3.63, 3.8) is 0 Å². The highest BCUT2D eigenvalue weighted by Crippen LogP contribution is 2.20. The number of aromatic nitrogens is 3. The molecular weight excluding hydrogens is 279 g/mol. The molecule has 1 saturated heterocycles. The van der Waals surface area contributed by atoms with Crippen LogP contribution in [-0.2, 0) is 16.1 Å². The fourth-order valence-electron chi connectivity index (χ4n) is 2.32. The molecule has 1 aromatic rings. The van der Waals surface area contributed by atoms with Gasteiger partial charge in [0, 0.05) is 20.0 Å². The lowest BCUT2D eigenvalue weighted by Gasteiger charge is -2.24. The van der Waals surface area contributed by atoms with Crippen LogP contribution in [0.15, 0.2) is 6.20 Å². The number of hydrogen-bond donors (Lipinski definition) is 1. The van der Waals surface area contributed by atoms with Crippen molar-refractivity contribution in [2.75, 3.05) is 25.0 Å². The van der Waals surface area contributed by atoms with E-state index in [4.69, 9.17) is 5.73 Å². The maximum atomic E-state index is 13.4. The standard InChI is InChI=1S/C12H19FN6O2/c1-3-18-6-10(15-16-18)17(2)7-11(20)19-5-8(13)4-9(19)12(14)21/h6,8-9H,3-5,7H2,1-2H3,(H2,14,21). The summed E-state index contributed by atoms with van der Waals surface area (Å²) in [6, 6.07) is -0.868. The summed E-state index contributed by atoms with van der Waals surface area (Å²) in [5.41, 5.74) is 5.21. The van der Waals surface area contributed by atoms with Gasteiger partial charge < -0.3 is 15.5 Å². The molecule has 2 unspecified atom stereocenters. The minimum absolute atomic E-state index is 0.0150. The van der Waals surface area contributed by atoms with Crippen LogP contribution in [0.5, 0.6) is 0 Å². The van der Waals surface area contributed by atoms with Gasteiger partial charge in [0.25, 0.3) is 0 Å². The lowest BCUT2D eigenvalue weighted by molar-refractivity contribution is -0.136. The van der Waals surface area contributed by atoms with E-state index in [1.165, 1.54) is 4.90 Å². The van der Waals surface area contributed by atoms with Gasteiger partial charge in [0.05, 0.1) is 19.3 Å². The van der Waals surface area contributed by atoms with Crippen LogP contribution < -0.4 is 10.6 Å². The van der Waals surface area contributed by atoms with Crippen LogP contribution >= 0.6 is 0 Å². The zero-order valence-electron chi connectivity index (χ0n) is 12.1. The summed E-state index contributed by atoms with van der Waals surface area (Å²) in [5, 5.41) is 7.82. The van der Waals surface area contributed by atoms with Crippen LogP contribution in [0.1, 0.15) is 13.3 Å². The molecule has 8 nitrogen and oxygen atoms in total. The first-order valence-electron chi connectivity index (χ1n) is 6.76. The van der Waals surface area contributed by atoms with Gasteiger partial charge in [0.1, 0.15) is 12.2 Å². The number of carbonyl (C=O) groups is 2. The van der Waals surface area contributed by atoms with Crippen molar-refractivity contribution in [2.24, 2.45) is 5.73 Å². The molecule has 2 rings (SSSR count). The van der Waals surface area contributed by atoms with E-state index in [2.05, 4.69) is 10.3 Å². The van der Waals surface area contributed by atoms with Crippen molar-refractivity contribution in [1.29, 1.82) is 0 Å². The fourth-order valence-corrected chi connectivity index (χ4v) is 2.32. The number of aryl methyl sites for hydroxylation is 1. The Balaban J connectivity index is 2.01. The van der Waals surface area contributed by atoms with E-state index in [0.717, 1.165) is 0 Å². The summed E-state index contributed by atoms with van der Waals surface area (Å²) < 4.78 is 15.0. The van der Waals surface area contributed by atoms with Gasteiger partial charge in [-0.25, -0.2) is 4.39 Å². The highest BCUT2D eigenvalue weighted by atomic mass is 19.1. The highest BCUT2D eigenvalue weighted by Gasteiger charge is 2.38. The number of likely N-dealkylation sites (N-methyl/N-ethyl adjacent to an activating group) is 1. The summed E-state index contributed by atoms with van der Waals surface area (Å²) in [6.45, 7) is 2.49. The monoisotopic (exact) mass is 298 g/mol. The summed E-state index contributed by atoms with van der Waals surface area (Å²) in [4.78, 5) is 26.3. The first-order chi connectivity index (χ1) is 9.92. The summed E-state index contributed by atoms with van der Waals surface area (Å²) in [7, 11) is 1.68. The molecule has 0 radical (unpaired) electrons. The fraction of sp³-hybridized carbons (Fsp3) is 0.667. The minimum atomic E-state index is -1.21. The van der Waals surface area contributed by atoms with E-state index in [0.29, 0.717) is 12.4 Å². The first kappa shape index (κ1) is 15.2. The van der Waals surface area contributed by atoms with E-state index < -0.39 is 18.1 Å². The smallest absolute Gasteiger partial charge is 0.242 e. The Bertz CT molecular complexity index is 534. The zero-order valence-corrected chi connectivity index (χ0v) is 12.1. The van der Waals surface area contributed by atoms with Crippen molar-refractivity contribution in [2.45, 2.75) is 32.1 Å². The molecule has 116 valence electrons. The number of nitrogens with zero attached hydrogens (tertiary/aromatic N) is 5. The third kappa shape index (κ3) is 3.29. The van der Waals surface area contributed by atoms with Crippen LogP contribution in [-0.4, -0.2) is 64.1 Å². The molecule has 2 N–H and O–H groups in total. The number of hydrogen-bond acceptors (Lipinski definition) is 5. The third-order valence-corrected chi connectivity index (χ3v) is 3.51. The quantitative estimate of drug-likeness (QED) is 0.764. The Hall–Kier alpha value is -2.19. The number of likely N-dealkylation sites (tertiary alicyclic amines) is 1. The topological polar surface area (TPSA) is 97.3 Å². The van der Waals surface area contributed by atoms with E-state index in [9.17, 15) is 14.0 Å². The number of alkyl halides is 1. The lowest BCUT2D eigenvalue weighted by atomic mass is 10.2. The Labute approximate surface area is 121 Å². The maximum absolute atomic E-state index is 13.4. The lowest BCUT2D eigenvalue weighted by Crippen LogP contribution is -2.47. The van der Waals surface area contributed by atoms with E-state index in [1.54, 1.807) is 22.8 Å². The number of primary amides is 1. The molecule has 2 amide bonds. The van der Waals surface area contributed by atoms with Crippen LogP contribution in [0.4, 0.5) is 10.2 Å². The van der Waals surface area contributed by atoms with Gasteiger partial charge in [0.15, 0.2) is 5.82 Å². The van der Waals surface area contributed by atoms with Crippen molar-refractivity contribution in [1.82, 2.24) is 19.9 Å². The molecular formula is C12H19FN6O2. The van der Waals surface area contributed by atoms with Crippen LogP contribution in [0, 0.1) is 0 Å². The van der Waals surface area contributed by atoms with Gasteiger partial charge >= 0.3 is 0 Å². The summed E-state index contributed by atoms with van der Waals surface area (Å²) in [6.07, 6.45) is 0.468.